The maximum Gasteiger partial charge on any atom is 0.410 e. The van der Waals surface area contributed by atoms with E-state index in [1.165, 1.54) is 5.56 Å². The lowest BCUT2D eigenvalue weighted by Gasteiger charge is -2.37. The first-order chi connectivity index (χ1) is 12.7. The van der Waals surface area contributed by atoms with Crippen LogP contribution in [0.5, 0.6) is 0 Å². The van der Waals surface area contributed by atoms with Crippen LogP contribution in [-0.2, 0) is 14.3 Å². The zero-order chi connectivity index (χ0) is 20.0. The molecule has 0 aromatic heterocycles. The summed E-state index contributed by atoms with van der Waals surface area (Å²) in [6, 6.07) is 10.3. The molecule has 0 spiro atoms. The molecule has 27 heavy (non-hydrogen) atoms. The van der Waals surface area contributed by atoms with E-state index in [0.717, 1.165) is 0 Å². The molecule has 1 aliphatic heterocycles. The van der Waals surface area contributed by atoms with Crippen molar-refractivity contribution in [3.8, 4) is 0 Å². The van der Waals surface area contributed by atoms with Crippen molar-refractivity contribution in [3.05, 3.63) is 35.9 Å². The fourth-order valence-electron chi connectivity index (χ4n) is 3.45. The van der Waals surface area contributed by atoms with Crippen molar-refractivity contribution in [1.29, 1.82) is 0 Å². The third-order valence-corrected chi connectivity index (χ3v) is 4.76. The summed E-state index contributed by atoms with van der Waals surface area (Å²) < 4.78 is 10.8. The average Bonchev–Trinajstić information content (AvgIpc) is 2.61. The number of hydrogen-bond acceptors (Lipinski definition) is 4. The predicted octanol–water partition coefficient (Wildman–Crippen LogP) is 2.50. The predicted molar refractivity (Wildman–Crippen MR) is 103 cm³/mol. The molecular weight excluding hydrogens is 344 g/mol. The Labute approximate surface area is 162 Å². The number of nitrogens with two attached hydrogens (primary N) is 1. The smallest absolute Gasteiger partial charge is 0.410 e. The number of carbonyl (C=O) groups excluding carboxylic acids is 2. The van der Waals surface area contributed by atoms with Gasteiger partial charge in [-0.1, -0.05) is 30.3 Å². The third kappa shape index (κ3) is 6.24. The highest BCUT2D eigenvalue weighted by Crippen LogP contribution is 2.21. The molecule has 0 unspecified atom stereocenters. The Balaban J connectivity index is 2.12. The van der Waals surface area contributed by atoms with E-state index in [2.05, 4.69) is 24.4 Å². The molecule has 1 aliphatic rings. The van der Waals surface area contributed by atoms with E-state index in [1.807, 2.05) is 45.9 Å². The van der Waals surface area contributed by atoms with Crippen molar-refractivity contribution >= 4 is 12.1 Å². The Morgan fingerprint density at radius 2 is 1.93 bits per heavy atom. The van der Waals surface area contributed by atoms with Crippen LogP contribution in [0, 0.1) is 5.92 Å². The van der Waals surface area contributed by atoms with E-state index < -0.39 is 5.60 Å². The summed E-state index contributed by atoms with van der Waals surface area (Å²) in [7, 11) is 0. The van der Waals surface area contributed by atoms with Crippen molar-refractivity contribution in [3.63, 3.8) is 0 Å². The first kappa shape index (κ1) is 21.2. The summed E-state index contributed by atoms with van der Waals surface area (Å²) in [6.07, 6.45) is 0.261. The minimum Gasteiger partial charge on any atom is -0.466 e. The summed E-state index contributed by atoms with van der Waals surface area (Å²) in [5.41, 5.74) is 0.653. The van der Waals surface area contributed by atoms with Gasteiger partial charge in [-0.2, -0.15) is 0 Å². The minimum absolute atomic E-state index is 0.0690. The van der Waals surface area contributed by atoms with Crippen LogP contribution in [-0.4, -0.2) is 48.3 Å². The molecule has 6 nitrogen and oxygen atoms in total. The fourth-order valence-corrected chi connectivity index (χ4v) is 3.45. The van der Waals surface area contributed by atoms with Gasteiger partial charge in [-0.25, -0.2) is 4.79 Å². The molecular formula is C21H33N2O4+. The van der Waals surface area contributed by atoms with Gasteiger partial charge in [0.2, 0.25) is 0 Å². The highest BCUT2D eigenvalue weighted by molar-refractivity contribution is 5.74. The highest BCUT2D eigenvalue weighted by atomic mass is 16.6. The van der Waals surface area contributed by atoms with E-state index in [-0.39, 0.29) is 30.1 Å². The number of nitrogens with zero attached hydrogens (tertiary/aromatic N) is 1. The van der Waals surface area contributed by atoms with Gasteiger partial charge >= 0.3 is 12.1 Å². The molecule has 150 valence electrons. The SMILES string of the molecule is CCOC(=O)[C@H]1CCN(C(=O)OC(C)(C)C)C[C@@H]1[NH2+][C@@H](C)c1ccccc1. The van der Waals surface area contributed by atoms with Gasteiger partial charge in [0.15, 0.2) is 0 Å². The third-order valence-electron chi connectivity index (χ3n) is 4.76. The van der Waals surface area contributed by atoms with Crippen LogP contribution in [0.15, 0.2) is 30.3 Å². The molecule has 0 bridgehead atoms. The van der Waals surface area contributed by atoms with Crippen LogP contribution in [0.25, 0.3) is 0 Å². The Morgan fingerprint density at radius 1 is 1.26 bits per heavy atom. The fraction of sp³-hybridized carbons (Fsp3) is 0.619. The maximum absolute atomic E-state index is 12.5. The van der Waals surface area contributed by atoms with Crippen LogP contribution >= 0.6 is 0 Å². The van der Waals surface area contributed by atoms with E-state index in [0.29, 0.717) is 26.1 Å². The number of piperidine rings is 1. The molecule has 2 N–H and O–H groups in total. The van der Waals surface area contributed by atoms with Gasteiger partial charge in [-0.3, -0.25) is 4.79 Å². The van der Waals surface area contributed by atoms with Gasteiger partial charge in [0.25, 0.3) is 0 Å². The minimum atomic E-state index is -0.536. The summed E-state index contributed by atoms with van der Waals surface area (Å²) in [5, 5.41) is 2.17. The zero-order valence-electron chi connectivity index (χ0n) is 17.1. The number of esters is 1. The molecule has 1 heterocycles. The maximum atomic E-state index is 12.5. The quantitative estimate of drug-likeness (QED) is 0.800. The molecule has 6 heteroatoms. The molecule has 1 saturated heterocycles. The van der Waals surface area contributed by atoms with E-state index in [9.17, 15) is 9.59 Å². The number of ether oxygens (including phenoxy) is 2. The number of amides is 1. The Hall–Kier alpha value is -2.08. The first-order valence-electron chi connectivity index (χ1n) is 9.75. The largest absolute Gasteiger partial charge is 0.466 e. The van der Waals surface area contributed by atoms with Gasteiger partial charge in [0, 0.05) is 12.1 Å². The number of quaternary nitrogens is 1. The van der Waals surface area contributed by atoms with Gasteiger partial charge < -0.3 is 19.7 Å². The number of benzene rings is 1. The number of likely N-dealkylation sites (tertiary alicyclic amines) is 1. The van der Waals surface area contributed by atoms with Gasteiger partial charge in [-0.05, 0) is 41.0 Å². The van der Waals surface area contributed by atoms with Crippen molar-refractivity contribution < 1.29 is 24.4 Å². The molecule has 0 radical (unpaired) electrons. The second-order valence-electron chi connectivity index (χ2n) is 8.13. The van der Waals surface area contributed by atoms with Crippen LogP contribution in [0.4, 0.5) is 4.79 Å². The molecule has 1 fully saturated rings. The van der Waals surface area contributed by atoms with Crippen LogP contribution in [0.2, 0.25) is 0 Å². The van der Waals surface area contributed by atoms with Crippen molar-refractivity contribution in [2.24, 2.45) is 5.92 Å². The van der Waals surface area contributed by atoms with Crippen LogP contribution in [0.3, 0.4) is 0 Å². The molecule has 3 atom stereocenters. The van der Waals surface area contributed by atoms with Crippen molar-refractivity contribution in [1.82, 2.24) is 4.90 Å². The number of rotatable bonds is 5. The molecule has 0 saturated carbocycles. The normalized spacial score (nSPS) is 21.4. The van der Waals surface area contributed by atoms with Crippen LogP contribution in [0.1, 0.15) is 52.6 Å². The lowest BCUT2D eigenvalue weighted by Crippen LogP contribution is -2.94. The lowest BCUT2D eigenvalue weighted by atomic mass is 9.90. The second kappa shape index (κ2) is 9.22. The Kier molecular flexibility index (Phi) is 7.25. The first-order valence-corrected chi connectivity index (χ1v) is 9.75. The van der Waals surface area contributed by atoms with Gasteiger partial charge in [0.1, 0.15) is 23.6 Å². The van der Waals surface area contributed by atoms with Crippen LogP contribution < -0.4 is 5.32 Å². The van der Waals surface area contributed by atoms with Gasteiger partial charge in [0.05, 0.1) is 13.2 Å². The number of carbonyl (C=O) groups is 2. The summed E-state index contributed by atoms with van der Waals surface area (Å²) in [4.78, 5) is 26.7. The molecule has 2 rings (SSSR count). The monoisotopic (exact) mass is 377 g/mol. The molecule has 1 aromatic carbocycles. The van der Waals surface area contributed by atoms with Crippen molar-refractivity contribution in [2.45, 2.75) is 58.7 Å². The average molecular weight is 378 g/mol. The van der Waals surface area contributed by atoms with E-state index >= 15 is 0 Å². The van der Waals surface area contributed by atoms with Gasteiger partial charge in [-0.15, -0.1) is 0 Å². The molecule has 0 aliphatic carbocycles. The summed E-state index contributed by atoms with van der Waals surface area (Å²) in [5.74, 6) is -0.405. The van der Waals surface area contributed by atoms with E-state index in [1.54, 1.807) is 4.90 Å². The second-order valence-corrected chi connectivity index (χ2v) is 8.13. The Morgan fingerprint density at radius 3 is 2.52 bits per heavy atom. The van der Waals surface area contributed by atoms with Crippen molar-refractivity contribution in [2.75, 3.05) is 19.7 Å². The molecule has 1 amide bonds. The summed E-state index contributed by atoms with van der Waals surface area (Å²) >= 11 is 0. The zero-order valence-corrected chi connectivity index (χ0v) is 17.1. The standard InChI is InChI=1S/C21H32N2O4/c1-6-26-19(24)17-12-13-23(20(25)27-21(3,4)5)14-18(17)22-15(2)16-10-8-7-9-11-16/h7-11,15,17-18,22H,6,12-14H2,1-5H3/p+1/t15-,17-,18-/m0/s1. The van der Waals surface area contributed by atoms with E-state index in [4.69, 9.17) is 9.47 Å². The summed E-state index contributed by atoms with van der Waals surface area (Å²) in [6.45, 7) is 10.8. The highest BCUT2D eigenvalue weighted by Gasteiger charge is 2.41. The lowest BCUT2D eigenvalue weighted by molar-refractivity contribution is -0.730. The topological polar surface area (TPSA) is 72.5 Å². The Bertz CT molecular complexity index is 627. The number of hydrogen-bond donors (Lipinski definition) is 1. The molecule has 1 aromatic rings.